The Morgan fingerprint density at radius 1 is 1.47 bits per heavy atom. The van der Waals surface area contributed by atoms with E-state index in [1.165, 1.54) is 0 Å². The van der Waals surface area contributed by atoms with Gasteiger partial charge in [0.05, 0.1) is 25.4 Å². The lowest BCUT2D eigenvalue weighted by molar-refractivity contribution is -0.139. The maximum atomic E-state index is 11.1. The Kier molecular flexibility index (Phi) is 3.99. The van der Waals surface area contributed by atoms with Gasteiger partial charge in [0.25, 0.3) is 0 Å². The van der Waals surface area contributed by atoms with Crippen LogP contribution in [0.1, 0.15) is 13.8 Å². The van der Waals surface area contributed by atoms with E-state index in [1.807, 2.05) is 0 Å². The number of esters is 1. The summed E-state index contributed by atoms with van der Waals surface area (Å²) in [6, 6.07) is 0. The summed E-state index contributed by atoms with van der Waals surface area (Å²) in [5, 5.41) is 0. The predicted octanol–water partition coefficient (Wildman–Crippen LogP) is 0.438. The molecule has 15 heavy (non-hydrogen) atoms. The van der Waals surface area contributed by atoms with Gasteiger partial charge in [0.1, 0.15) is 0 Å². The topological polar surface area (TPSA) is 61.8 Å². The molecule has 0 aromatic heterocycles. The maximum Gasteiger partial charge on any atom is 0.331 e. The van der Waals surface area contributed by atoms with Gasteiger partial charge in [0.15, 0.2) is 12.1 Å². The summed E-state index contributed by atoms with van der Waals surface area (Å²) in [7, 11) is 0. The van der Waals surface area contributed by atoms with E-state index in [0.717, 1.165) is 6.08 Å². The number of hydrogen-bond acceptors (Lipinski definition) is 5. The zero-order chi connectivity index (χ0) is 11.3. The fourth-order valence-electron chi connectivity index (χ4n) is 1.26. The average Bonchev–Trinajstić information content (AvgIpc) is 2.63. The Morgan fingerprint density at radius 2 is 2.07 bits per heavy atom. The molecule has 0 aromatic carbocycles. The molecule has 0 N–H and O–H groups in total. The fraction of sp³-hybridized carbons (Fsp3) is 0.600. The number of ether oxygens (including phenoxy) is 3. The molecule has 1 saturated heterocycles. The second-order valence-corrected chi connectivity index (χ2v) is 3.11. The number of carbonyl (C=O) groups is 2. The summed E-state index contributed by atoms with van der Waals surface area (Å²) < 4.78 is 15.2. The van der Waals surface area contributed by atoms with Gasteiger partial charge in [-0.1, -0.05) is 0 Å². The first kappa shape index (κ1) is 11.9. The first-order valence-electron chi connectivity index (χ1n) is 4.74. The van der Waals surface area contributed by atoms with Gasteiger partial charge in [-0.05, 0) is 13.8 Å². The monoisotopic (exact) mass is 214 g/mol. The van der Waals surface area contributed by atoms with Gasteiger partial charge < -0.3 is 14.2 Å². The van der Waals surface area contributed by atoms with Gasteiger partial charge >= 0.3 is 5.97 Å². The zero-order valence-corrected chi connectivity index (χ0v) is 8.82. The molecule has 1 aliphatic rings. The molecular formula is C10H14O5. The first-order valence-corrected chi connectivity index (χ1v) is 4.74. The second-order valence-electron chi connectivity index (χ2n) is 3.11. The van der Waals surface area contributed by atoms with E-state index in [0.29, 0.717) is 19.5 Å². The van der Waals surface area contributed by atoms with Crippen molar-refractivity contribution in [3.63, 3.8) is 0 Å². The first-order chi connectivity index (χ1) is 7.12. The van der Waals surface area contributed by atoms with E-state index in [2.05, 4.69) is 0 Å². The third kappa shape index (κ3) is 2.87. The van der Waals surface area contributed by atoms with Crippen LogP contribution in [0, 0.1) is 0 Å². The van der Waals surface area contributed by atoms with Crippen molar-refractivity contribution in [2.75, 3.05) is 19.8 Å². The number of rotatable bonds is 4. The third-order valence-electron chi connectivity index (χ3n) is 2.05. The van der Waals surface area contributed by atoms with Gasteiger partial charge in [0.2, 0.25) is 0 Å². The predicted molar refractivity (Wildman–Crippen MR) is 51.1 cm³/mol. The van der Waals surface area contributed by atoms with Crippen molar-refractivity contribution in [2.24, 2.45) is 0 Å². The van der Waals surface area contributed by atoms with Crippen LogP contribution in [0.3, 0.4) is 0 Å². The second kappa shape index (κ2) is 5.04. The SMILES string of the molecule is CCOC(=O)/C=C(\C=O)C1(C)OCCO1. The summed E-state index contributed by atoms with van der Waals surface area (Å²) in [5.74, 6) is -1.69. The van der Waals surface area contributed by atoms with Crippen molar-refractivity contribution in [1.82, 2.24) is 0 Å². The van der Waals surface area contributed by atoms with Crippen molar-refractivity contribution in [2.45, 2.75) is 19.6 Å². The summed E-state index contributed by atoms with van der Waals surface area (Å²) in [6.07, 6.45) is 1.64. The molecule has 0 unspecified atom stereocenters. The fourth-order valence-corrected chi connectivity index (χ4v) is 1.26. The molecule has 5 heteroatoms. The molecule has 0 atom stereocenters. The van der Waals surface area contributed by atoms with Gasteiger partial charge in [0, 0.05) is 6.08 Å². The number of hydrogen-bond donors (Lipinski definition) is 0. The highest BCUT2D eigenvalue weighted by Gasteiger charge is 2.35. The van der Waals surface area contributed by atoms with Crippen LogP contribution in [0.4, 0.5) is 0 Å². The molecule has 0 bridgehead atoms. The van der Waals surface area contributed by atoms with Crippen molar-refractivity contribution >= 4 is 12.3 Å². The van der Waals surface area contributed by atoms with E-state index in [1.54, 1.807) is 13.8 Å². The molecule has 5 nitrogen and oxygen atoms in total. The lowest BCUT2D eigenvalue weighted by Crippen LogP contribution is -2.30. The smallest absolute Gasteiger partial charge is 0.331 e. The molecule has 0 saturated carbocycles. The highest BCUT2D eigenvalue weighted by Crippen LogP contribution is 2.25. The molecule has 1 heterocycles. The van der Waals surface area contributed by atoms with Crippen LogP contribution in [-0.2, 0) is 23.8 Å². The van der Waals surface area contributed by atoms with Crippen LogP contribution in [-0.4, -0.2) is 37.9 Å². The maximum absolute atomic E-state index is 11.1. The van der Waals surface area contributed by atoms with Crippen molar-refractivity contribution in [3.8, 4) is 0 Å². The standard InChI is InChI=1S/C10H14O5/c1-3-13-9(12)6-8(7-11)10(2)14-4-5-15-10/h6-7H,3-5H2,1-2H3/b8-6+. The van der Waals surface area contributed by atoms with Crippen molar-refractivity contribution in [1.29, 1.82) is 0 Å². The van der Waals surface area contributed by atoms with Crippen molar-refractivity contribution in [3.05, 3.63) is 11.6 Å². The summed E-state index contributed by atoms with van der Waals surface area (Å²) in [5.41, 5.74) is 0.137. The molecule has 0 spiro atoms. The van der Waals surface area contributed by atoms with Crippen LogP contribution >= 0.6 is 0 Å². The Morgan fingerprint density at radius 3 is 2.53 bits per heavy atom. The molecule has 0 aromatic rings. The minimum atomic E-state index is -1.12. The molecule has 1 aliphatic heterocycles. The van der Waals surface area contributed by atoms with Gasteiger partial charge in [-0.3, -0.25) is 4.79 Å². The number of aldehydes is 1. The molecule has 84 valence electrons. The van der Waals surface area contributed by atoms with E-state index in [4.69, 9.17) is 14.2 Å². The normalized spacial score (nSPS) is 20.0. The van der Waals surface area contributed by atoms with E-state index in [9.17, 15) is 9.59 Å². The highest BCUT2D eigenvalue weighted by molar-refractivity contribution is 5.90. The molecular weight excluding hydrogens is 200 g/mol. The van der Waals surface area contributed by atoms with E-state index >= 15 is 0 Å². The third-order valence-corrected chi connectivity index (χ3v) is 2.05. The van der Waals surface area contributed by atoms with Crippen LogP contribution in [0.2, 0.25) is 0 Å². The minimum Gasteiger partial charge on any atom is -0.463 e. The van der Waals surface area contributed by atoms with Crippen LogP contribution in [0.15, 0.2) is 11.6 Å². The van der Waals surface area contributed by atoms with E-state index in [-0.39, 0.29) is 12.2 Å². The summed E-state index contributed by atoms with van der Waals surface area (Å²) in [6.45, 7) is 4.37. The highest BCUT2D eigenvalue weighted by atomic mass is 16.7. The van der Waals surface area contributed by atoms with Crippen LogP contribution in [0.5, 0.6) is 0 Å². The van der Waals surface area contributed by atoms with Gasteiger partial charge in [-0.15, -0.1) is 0 Å². The molecule has 0 radical (unpaired) electrons. The Labute approximate surface area is 88.0 Å². The Bertz CT molecular complexity index is 276. The Balaban J connectivity index is 2.77. The lowest BCUT2D eigenvalue weighted by atomic mass is 10.1. The molecule has 0 aliphatic carbocycles. The zero-order valence-electron chi connectivity index (χ0n) is 8.82. The van der Waals surface area contributed by atoms with Crippen LogP contribution < -0.4 is 0 Å². The molecule has 1 rings (SSSR count). The minimum absolute atomic E-state index is 0.137. The lowest BCUT2D eigenvalue weighted by Gasteiger charge is -2.21. The van der Waals surface area contributed by atoms with Crippen LogP contribution in [0.25, 0.3) is 0 Å². The Hall–Kier alpha value is -1.20. The molecule has 1 fully saturated rings. The molecule has 0 amide bonds. The largest absolute Gasteiger partial charge is 0.463 e. The average molecular weight is 214 g/mol. The quantitative estimate of drug-likeness (QED) is 0.386. The van der Waals surface area contributed by atoms with Crippen molar-refractivity contribution < 1.29 is 23.8 Å². The van der Waals surface area contributed by atoms with Gasteiger partial charge in [-0.2, -0.15) is 0 Å². The summed E-state index contributed by atoms with van der Waals surface area (Å²) >= 11 is 0. The van der Waals surface area contributed by atoms with Gasteiger partial charge in [-0.25, -0.2) is 4.79 Å². The van der Waals surface area contributed by atoms with E-state index < -0.39 is 11.8 Å². The number of carbonyl (C=O) groups excluding carboxylic acids is 2. The summed E-state index contributed by atoms with van der Waals surface area (Å²) in [4.78, 5) is 21.9.